The molecule has 2 saturated carbocycles. The van der Waals surface area contributed by atoms with Crippen molar-refractivity contribution in [3.63, 3.8) is 0 Å². The first-order valence-corrected chi connectivity index (χ1v) is 11.6. The van der Waals surface area contributed by atoms with Crippen LogP contribution in [-0.2, 0) is 10.0 Å². The number of hydrogen-bond donors (Lipinski definition) is 3. The van der Waals surface area contributed by atoms with Crippen LogP contribution in [-0.4, -0.2) is 71.5 Å². The zero-order valence-corrected chi connectivity index (χ0v) is 16.8. The normalized spacial score (nSPS) is 38.6. The van der Waals surface area contributed by atoms with Crippen LogP contribution in [0.1, 0.15) is 39.0 Å². The van der Waals surface area contributed by atoms with Crippen molar-refractivity contribution >= 4 is 27.8 Å². The van der Waals surface area contributed by atoms with Gasteiger partial charge in [-0.2, -0.15) is 0 Å². The maximum Gasteiger partial charge on any atom is 0.322 e. The Morgan fingerprint density at radius 3 is 2.56 bits per heavy atom. The van der Waals surface area contributed by atoms with Gasteiger partial charge in [0.2, 0.25) is 10.0 Å². The number of nitrogens with zero attached hydrogens (tertiary/aromatic N) is 2. The number of carbonyl (C=O) groups excluding carboxylic acids is 1. The highest BCUT2D eigenvalue weighted by Gasteiger charge is 2.54. The molecule has 2 heterocycles. The van der Waals surface area contributed by atoms with Crippen molar-refractivity contribution in [3.05, 3.63) is 0 Å². The molecule has 0 aromatic rings. The van der Waals surface area contributed by atoms with Crippen LogP contribution in [0.5, 0.6) is 0 Å². The summed E-state index contributed by atoms with van der Waals surface area (Å²) in [6.07, 6.45) is 0.477. The van der Waals surface area contributed by atoms with Crippen LogP contribution in [0.15, 0.2) is 0 Å². The molecule has 2 saturated heterocycles. The molecule has 8 nitrogen and oxygen atoms in total. The van der Waals surface area contributed by atoms with Crippen LogP contribution in [0.4, 0.5) is 13.6 Å². The molecule has 0 radical (unpaired) electrons. The lowest BCUT2D eigenvalue weighted by molar-refractivity contribution is 0.127. The van der Waals surface area contributed by atoms with Gasteiger partial charge in [-0.1, -0.05) is 11.8 Å². The summed E-state index contributed by atoms with van der Waals surface area (Å²) in [5, 5.41) is -1.69. The minimum Gasteiger partial charge on any atom is -0.323 e. The average molecular weight is 426 g/mol. The molecule has 12 heteroatoms. The molecule has 4 aliphatic rings. The summed E-state index contributed by atoms with van der Waals surface area (Å²) in [5.41, 5.74) is 4.29. The minimum absolute atomic E-state index is 0.103. The zero-order valence-electron chi connectivity index (χ0n) is 15.2. The summed E-state index contributed by atoms with van der Waals surface area (Å²) in [4.78, 5) is 15.9. The number of urea groups is 1. The van der Waals surface area contributed by atoms with E-state index in [9.17, 15) is 22.0 Å². The molecular weight excluding hydrogens is 400 g/mol. The van der Waals surface area contributed by atoms with E-state index in [0.717, 1.165) is 24.6 Å². The lowest BCUT2D eigenvalue weighted by atomic mass is 9.90. The molecule has 0 aromatic heterocycles. The van der Waals surface area contributed by atoms with Gasteiger partial charge in [0, 0.05) is 12.6 Å². The maximum atomic E-state index is 13.0. The molecule has 154 valence electrons. The quantitative estimate of drug-likeness (QED) is 0.604. The van der Waals surface area contributed by atoms with Crippen molar-refractivity contribution in [2.75, 3.05) is 7.05 Å². The number of fused-ring (bicyclic) bond motifs is 1. The Balaban J connectivity index is 1.51. The fourth-order valence-electron chi connectivity index (χ4n) is 4.20. The smallest absolute Gasteiger partial charge is 0.322 e. The van der Waals surface area contributed by atoms with E-state index in [2.05, 4.69) is 15.6 Å². The summed E-state index contributed by atoms with van der Waals surface area (Å²) >= 11 is 0.947. The monoisotopic (exact) mass is 425 g/mol. The Bertz CT molecular complexity index is 720. The molecule has 4 fully saturated rings. The number of thioether (sulfide) groups is 1. The van der Waals surface area contributed by atoms with Gasteiger partial charge in [-0.25, -0.2) is 37.6 Å². The molecule has 2 aliphatic carbocycles. The Labute approximate surface area is 161 Å². The molecule has 5 unspecified atom stereocenters. The highest BCUT2D eigenvalue weighted by molar-refractivity contribution is 8.00. The largest absolute Gasteiger partial charge is 0.323 e. The van der Waals surface area contributed by atoms with Crippen LogP contribution in [0.3, 0.4) is 0 Å². The van der Waals surface area contributed by atoms with Crippen LogP contribution in [0, 0.1) is 0 Å². The Morgan fingerprint density at radius 2 is 1.96 bits per heavy atom. The van der Waals surface area contributed by atoms with Crippen LogP contribution in [0.2, 0.25) is 0 Å². The van der Waals surface area contributed by atoms with Crippen molar-refractivity contribution in [3.8, 4) is 0 Å². The van der Waals surface area contributed by atoms with Gasteiger partial charge in [-0.3, -0.25) is 4.90 Å². The Hall–Kier alpha value is -0.690. The van der Waals surface area contributed by atoms with Gasteiger partial charge in [0.05, 0.1) is 17.3 Å². The number of carbonyl (C=O) groups is 1. The lowest BCUT2D eigenvalue weighted by Crippen LogP contribution is -2.53. The second-order valence-electron chi connectivity index (χ2n) is 8.11. The predicted molar refractivity (Wildman–Crippen MR) is 97.3 cm³/mol. The molecule has 4 rings (SSSR count). The molecule has 0 aromatic carbocycles. The van der Waals surface area contributed by atoms with Crippen molar-refractivity contribution < 1.29 is 22.0 Å². The van der Waals surface area contributed by atoms with E-state index in [4.69, 9.17) is 0 Å². The molecule has 2 aliphatic heterocycles. The fourth-order valence-corrected chi connectivity index (χ4v) is 7.20. The van der Waals surface area contributed by atoms with E-state index in [-0.39, 0.29) is 23.7 Å². The van der Waals surface area contributed by atoms with E-state index in [1.54, 1.807) is 11.9 Å². The van der Waals surface area contributed by atoms with Crippen LogP contribution in [0.25, 0.3) is 0 Å². The first kappa shape index (κ1) is 19.6. The number of hydrazine groups is 1. The fraction of sp³-hybridized carbons (Fsp3) is 0.933. The van der Waals surface area contributed by atoms with E-state index < -0.39 is 32.6 Å². The maximum absolute atomic E-state index is 13.0. The average Bonchev–Trinajstić information content (AvgIpc) is 3.04. The molecule has 3 N–H and O–H groups in total. The van der Waals surface area contributed by atoms with Gasteiger partial charge in [-0.05, 0) is 39.0 Å². The number of likely N-dealkylation sites (N-methyl/N-ethyl adjacent to an activating group) is 1. The second kappa shape index (κ2) is 6.68. The van der Waals surface area contributed by atoms with Crippen LogP contribution < -0.4 is 15.6 Å². The topological polar surface area (TPSA) is 93.8 Å². The third-order valence-corrected chi connectivity index (χ3v) is 9.35. The number of halogens is 2. The number of hydrogen-bond acceptors (Lipinski definition) is 6. The second-order valence-corrected chi connectivity index (χ2v) is 11.3. The van der Waals surface area contributed by atoms with E-state index in [1.165, 1.54) is 4.90 Å². The lowest BCUT2D eigenvalue weighted by Gasteiger charge is -2.37. The summed E-state index contributed by atoms with van der Waals surface area (Å²) in [6.45, 7) is 1.89. The summed E-state index contributed by atoms with van der Waals surface area (Å²) in [7, 11) is -1.80. The first-order valence-electron chi connectivity index (χ1n) is 9.14. The highest BCUT2D eigenvalue weighted by Crippen LogP contribution is 2.41. The van der Waals surface area contributed by atoms with Gasteiger partial charge < -0.3 is 4.90 Å². The number of amides is 2. The van der Waals surface area contributed by atoms with Crippen molar-refractivity contribution in [1.82, 2.24) is 25.4 Å². The summed E-state index contributed by atoms with van der Waals surface area (Å²) in [5.74, 6) is 0. The predicted octanol–water partition coefficient (Wildman–Crippen LogP) is 0.831. The van der Waals surface area contributed by atoms with E-state index in [1.807, 2.05) is 6.92 Å². The minimum atomic E-state index is -3.49. The SMILES string of the molecule is CN1C(=O)N(C2NNC(C(F)F)S2)C2CC(S(=O)(=O)NC3(C)CC3)CCC21. The molecule has 0 spiro atoms. The third kappa shape index (κ3) is 3.54. The van der Waals surface area contributed by atoms with Gasteiger partial charge in [0.15, 0.2) is 0 Å². The van der Waals surface area contributed by atoms with E-state index >= 15 is 0 Å². The molecule has 27 heavy (non-hydrogen) atoms. The van der Waals surface area contributed by atoms with Crippen LogP contribution >= 0.6 is 11.8 Å². The summed E-state index contributed by atoms with van der Waals surface area (Å²) < 4.78 is 54.3. The number of alkyl halides is 2. The van der Waals surface area contributed by atoms with Crippen molar-refractivity contribution in [1.29, 1.82) is 0 Å². The number of nitrogens with one attached hydrogen (secondary N) is 3. The van der Waals surface area contributed by atoms with Gasteiger partial charge in [0.1, 0.15) is 10.9 Å². The van der Waals surface area contributed by atoms with Crippen molar-refractivity contribution in [2.24, 2.45) is 0 Å². The van der Waals surface area contributed by atoms with Crippen molar-refractivity contribution in [2.45, 2.75) is 79.2 Å². The van der Waals surface area contributed by atoms with Gasteiger partial charge in [0.25, 0.3) is 6.43 Å². The molecule has 0 bridgehead atoms. The van der Waals surface area contributed by atoms with E-state index in [0.29, 0.717) is 19.3 Å². The molecule has 5 atom stereocenters. The van der Waals surface area contributed by atoms with Gasteiger partial charge >= 0.3 is 6.03 Å². The summed E-state index contributed by atoms with van der Waals surface area (Å²) in [6, 6.07) is -0.687. The molecule has 2 amide bonds. The third-order valence-electron chi connectivity index (χ3n) is 6.04. The first-order chi connectivity index (χ1) is 12.6. The molecular formula is C15H25F2N5O3S2. The highest BCUT2D eigenvalue weighted by atomic mass is 32.2. The Morgan fingerprint density at radius 1 is 1.26 bits per heavy atom. The zero-order chi connectivity index (χ0) is 19.6. The van der Waals surface area contributed by atoms with Gasteiger partial charge in [-0.15, -0.1) is 0 Å². The standard InChI is InChI=1S/C15H25F2N5O3S2/c1-15(5-6-15)20-27(24,25)8-3-4-9-10(7-8)22(14(23)21(9)2)13-19-18-12(26-13)11(16)17/h8-13,18-20H,3-7H2,1-2H3. The Kier molecular flexibility index (Phi) is 4.86. The number of rotatable bonds is 5. The number of sulfonamides is 1.